The Hall–Kier alpha value is -3.61. The van der Waals surface area contributed by atoms with Crippen LogP contribution in [0.3, 0.4) is 0 Å². The van der Waals surface area contributed by atoms with E-state index in [1.807, 2.05) is 12.1 Å². The summed E-state index contributed by atoms with van der Waals surface area (Å²) in [6, 6.07) is 12.3. The van der Waals surface area contributed by atoms with E-state index in [0.29, 0.717) is 17.9 Å². The van der Waals surface area contributed by atoms with Crippen molar-refractivity contribution in [2.24, 2.45) is 5.73 Å². The molecule has 1 aromatic carbocycles. The fourth-order valence-electron chi connectivity index (χ4n) is 3.16. The smallest absolute Gasteiger partial charge is 0.308 e. The summed E-state index contributed by atoms with van der Waals surface area (Å²) >= 11 is 0. The summed E-state index contributed by atoms with van der Waals surface area (Å²) in [4.78, 5) is 36.1. The van der Waals surface area contributed by atoms with Gasteiger partial charge in [0.15, 0.2) is 11.4 Å². The van der Waals surface area contributed by atoms with Gasteiger partial charge in [0.2, 0.25) is 0 Å². The average molecular weight is 418 g/mol. The number of ether oxygens (including phenoxy) is 1. The van der Waals surface area contributed by atoms with Gasteiger partial charge in [-0.3, -0.25) is 14.6 Å². The molecule has 1 amide bonds. The summed E-state index contributed by atoms with van der Waals surface area (Å²) in [5.41, 5.74) is 9.86. The molecular formula is C24H26N4O3. The summed E-state index contributed by atoms with van der Waals surface area (Å²) in [7, 11) is 0. The molecule has 3 rings (SSSR count). The maximum atomic E-state index is 11.8. The van der Waals surface area contributed by atoms with Crippen LogP contribution in [0, 0.1) is 6.92 Å². The van der Waals surface area contributed by atoms with Crippen molar-refractivity contribution >= 4 is 11.9 Å². The van der Waals surface area contributed by atoms with Crippen molar-refractivity contribution in [3.8, 4) is 16.9 Å². The third-order valence-electron chi connectivity index (χ3n) is 4.81. The molecule has 0 aliphatic carbocycles. The SMILES string of the molecule is CC(=O)Oc1c(C)nc(Cc2ccc(-c3ccc(C(C)(C)C)cc3)cn2)nc1C(N)=O. The Bertz CT molecular complexity index is 1120. The molecule has 0 spiro atoms. The zero-order chi connectivity index (χ0) is 22.8. The molecule has 7 nitrogen and oxygen atoms in total. The molecule has 2 heterocycles. The van der Waals surface area contributed by atoms with Crippen molar-refractivity contribution in [1.29, 1.82) is 0 Å². The lowest BCUT2D eigenvalue weighted by atomic mass is 9.86. The number of benzene rings is 1. The molecule has 0 unspecified atom stereocenters. The van der Waals surface area contributed by atoms with Gasteiger partial charge in [0.25, 0.3) is 5.91 Å². The molecule has 0 saturated carbocycles. The van der Waals surface area contributed by atoms with Crippen LogP contribution >= 0.6 is 0 Å². The lowest BCUT2D eigenvalue weighted by Crippen LogP contribution is -2.19. The zero-order valence-corrected chi connectivity index (χ0v) is 18.4. The van der Waals surface area contributed by atoms with Crippen LogP contribution in [0.25, 0.3) is 11.1 Å². The molecule has 2 aromatic heterocycles. The number of aryl methyl sites for hydroxylation is 1. The Morgan fingerprint density at radius 2 is 1.65 bits per heavy atom. The highest BCUT2D eigenvalue weighted by atomic mass is 16.5. The minimum absolute atomic E-state index is 0.00855. The van der Waals surface area contributed by atoms with E-state index in [1.54, 1.807) is 13.1 Å². The minimum Gasteiger partial charge on any atom is -0.422 e. The highest BCUT2D eigenvalue weighted by Crippen LogP contribution is 2.26. The number of rotatable bonds is 5. The van der Waals surface area contributed by atoms with Crippen LogP contribution in [0.4, 0.5) is 0 Å². The van der Waals surface area contributed by atoms with Gasteiger partial charge >= 0.3 is 5.97 Å². The molecule has 0 aliphatic heterocycles. The maximum absolute atomic E-state index is 11.8. The lowest BCUT2D eigenvalue weighted by Gasteiger charge is -2.19. The second-order valence-corrected chi connectivity index (χ2v) is 8.40. The molecule has 0 aliphatic rings. The van der Waals surface area contributed by atoms with E-state index in [1.165, 1.54) is 12.5 Å². The molecule has 0 fully saturated rings. The molecule has 31 heavy (non-hydrogen) atoms. The second-order valence-electron chi connectivity index (χ2n) is 8.40. The first kappa shape index (κ1) is 22.1. The van der Waals surface area contributed by atoms with Gasteiger partial charge in [-0.05, 0) is 29.5 Å². The summed E-state index contributed by atoms with van der Waals surface area (Å²) in [6.45, 7) is 9.42. The predicted octanol–water partition coefficient (Wildman–Crippen LogP) is 3.76. The quantitative estimate of drug-likeness (QED) is 0.632. The largest absolute Gasteiger partial charge is 0.422 e. The molecule has 0 radical (unpaired) electrons. The van der Waals surface area contributed by atoms with Gasteiger partial charge in [-0.15, -0.1) is 0 Å². The summed E-state index contributed by atoms with van der Waals surface area (Å²) in [5.74, 6) is -0.998. The van der Waals surface area contributed by atoms with Crippen LogP contribution in [-0.4, -0.2) is 26.8 Å². The van der Waals surface area contributed by atoms with E-state index in [4.69, 9.17) is 10.5 Å². The van der Waals surface area contributed by atoms with Crippen LogP contribution in [0.15, 0.2) is 42.6 Å². The molecular weight excluding hydrogens is 392 g/mol. The number of nitrogens with two attached hydrogens (primary N) is 1. The molecule has 7 heteroatoms. The third-order valence-corrected chi connectivity index (χ3v) is 4.81. The topological polar surface area (TPSA) is 108 Å². The molecule has 160 valence electrons. The normalized spacial score (nSPS) is 11.3. The van der Waals surface area contributed by atoms with E-state index < -0.39 is 11.9 Å². The summed E-state index contributed by atoms with van der Waals surface area (Å²) in [6.07, 6.45) is 2.11. The van der Waals surface area contributed by atoms with Gasteiger partial charge in [0, 0.05) is 24.4 Å². The Balaban J connectivity index is 1.82. The standard InChI is InChI=1S/C24H26N4O3/c1-14-22(31-15(2)29)21(23(25)30)28-20(27-14)12-19-11-8-17(13-26-19)16-6-9-18(10-7-16)24(3,4)5/h6-11,13H,12H2,1-5H3,(H2,25,30). The van der Waals surface area contributed by atoms with Crippen molar-refractivity contribution in [1.82, 2.24) is 15.0 Å². The number of nitrogens with zero attached hydrogens (tertiary/aromatic N) is 3. The van der Waals surface area contributed by atoms with Crippen LogP contribution in [-0.2, 0) is 16.6 Å². The zero-order valence-electron chi connectivity index (χ0n) is 18.4. The Morgan fingerprint density at radius 1 is 1.00 bits per heavy atom. The first-order valence-electron chi connectivity index (χ1n) is 9.96. The molecule has 2 N–H and O–H groups in total. The fraction of sp³-hybridized carbons (Fsp3) is 0.292. The van der Waals surface area contributed by atoms with Crippen LogP contribution in [0.1, 0.15) is 61.0 Å². The van der Waals surface area contributed by atoms with E-state index in [9.17, 15) is 9.59 Å². The summed E-state index contributed by atoms with van der Waals surface area (Å²) < 4.78 is 5.06. The average Bonchev–Trinajstić information content (AvgIpc) is 2.69. The number of carbonyl (C=O) groups is 2. The molecule has 3 aromatic rings. The number of pyridine rings is 1. The number of hydrogen-bond acceptors (Lipinski definition) is 6. The molecule has 0 saturated heterocycles. The summed E-state index contributed by atoms with van der Waals surface area (Å²) in [5, 5.41) is 0. The molecule has 0 bridgehead atoms. The van der Waals surface area contributed by atoms with Gasteiger partial charge in [-0.25, -0.2) is 9.97 Å². The Kier molecular flexibility index (Phi) is 6.15. The van der Waals surface area contributed by atoms with Crippen molar-refractivity contribution in [2.75, 3.05) is 0 Å². The highest BCUT2D eigenvalue weighted by molar-refractivity contribution is 5.94. The van der Waals surface area contributed by atoms with Gasteiger partial charge in [0.05, 0.1) is 12.1 Å². The number of carbonyl (C=O) groups excluding carboxylic acids is 2. The lowest BCUT2D eigenvalue weighted by molar-refractivity contribution is -0.132. The van der Waals surface area contributed by atoms with Crippen molar-refractivity contribution in [3.63, 3.8) is 0 Å². The fourth-order valence-corrected chi connectivity index (χ4v) is 3.16. The van der Waals surface area contributed by atoms with Gasteiger partial charge in [-0.2, -0.15) is 0 Å². The Morgan fingerprint density at radius 3 is 2.16 bits per heavy atom. The number of hydrogen-bond donors (Lipinski definition) is 1. The van der Waals surface area contributed by atoms with Crippen molar-refractivity contribution < 1.29 is 14.3 Å². The van der Waals surface area contributed by atoms with E-state index in [2.05, 4.69) is 60.0 Å². The number of amides is 1. The van der Waals surface area contributed by atoms with Gasteiger partial charge < -0.3 is 10.5 Å². The van der Waals surface area contributed by atoms with Gasteiger partial charge in [-0.1, -0.05) is 51.1 Å². The number of aromatic nitrogens is 3. The Labute approximate surface area is 181 Å². The molecule has 0 atom stereocenters. The third kappa shape index (κ3) is 5.31. The van der Waals surface area contributed by atoms with Crippen molar-refractivity contribution in [2.45, 2.75) is 46.5 Å². The van der Waals surface area contributed by atoms with Crippen molar-refractivity contribution in [3.05, 3.63) is 71.1 Å². The monoisotopic (exact) mass is 418 g/mol. The minimum atomic E-state index is -0.787. The van der Waals surface area contributed by atoms with Gasteiger partial charge in [0.1, 0.15) is 5.82 Å². The van der Waals surface area contributed by atoms with E-state index in [0.717, 1.165) is 16.8 Å². The maximum Gasteiger partial charge on any atom is 0.308 e. The van der Waals surface area contributed by atoms with Crippen LogP contribution in [0.5, 0.6) is 5.75 Å². The predicted molar refractivity (Wildman–Crippen MR) is 118 cm³/mol. The second kappa shape index (κ2) is 8.63. The highest BCUT2D eigenvalue weighted by Gasteiger charge is 2.19. The first-order chi connectivity index (χ1) is 14.5. The number of primary amides is 1. The van der Waals surface area contributed by atoms with Crippen LogP contribution < -0.4 is 10.5 Å². The first-order valence-corrected chi connectivity index (χ1v) is 9.96. The van der Waals surface area contributed by atoms with E-state index in [-0.39, 0.29) is 16.9 Å². The number of esters is 1. The van der Waals surface area contributed by atoms with Crippen LogP contribution in [0.2, 0.25) is 0 Å². The van der Waals surface area contributed by atoms with E-state index >= 15 is 0 Å².